The second-order valence-corrected chi connectivity index (χ2v) is 3.30. The molecule has 3 heteroatoms. The quantitative estimate of drug-likeness (QED) is 0.444. The highest BCUT2D eigenvalue weighted by Gasteiger charge is 2.01. The summed E-state index contributed by atoms with van der Waals surface area (Å²) in [6.45, 7) is -0.0633. The smallest absolute Gasteiger partial charge is 0.0737 e. The van der Waals surface area contributed by atoms with E-state index in [9.17, 15) is 0 Å². The van der Waals surface area contributed by atoms with Gasteiger partial charge in [-0.05, 0) is 28.5 Å². The first-order valence-electron chi connectivity index (χ1n) is 4.65. The van der Waals surface area contributed by atoms with Crippen molar-refractivity contribution in [3.05, 3.63) is 47.5 Å². The summed E-state index contributed by atoms with van der Waals surface area (Å²) in [7, 11) is 0. The number of fused-ring (bicyclic) bond motifs is 1. The Morgan fingerprint density at radius 2 is 1.80 bits per heavy atom. The molecule has 2 N–H and O–H groups in total. The van der Waals surface area contributed by atoms with Crippen LogP contribution in [0.15, 0.2) is 41.6 Å². The van der Waals surface area contributed by atoms with Crippen molar-refractivity contribution < 1.29 is 10.3 Å². The van der Waals surface area contributed by atoms with Gasteiger partial charge in [0.25, 0.3) is 0 Å². The molecule has 0 aromatic heterocycles. The molecule has 2 aromatic rings. The van der Waals surface area contributed by atoms with E-state index < -0.39 is 0 Å². The van der Waals surface area contributed by atoms with Crippen LogP contribution in [-0.4, -0.2) is 16.5 Å². The predicted octanol–water partition coefficient (Wildman–Crippen LogP) is 2.14. The SMILES string of the molecule is OCc1cc2ccccc2cc1/C=N/O. The average molecular weight is 201 g/mol. The molecule has 0 radical (unpaired) electrons. The van der Waals surface area contributed by atoms with E-state index in [4.69, 9.17) is 10.3 Å². The van der Waals surface area contributed by atoms with E-state index in [2.05, 4.69) is 5.16 Å². The van der Waals surface area contributed by atoms with Gasteiger partial charge >= 0.3 is 0 Å². The van der Waals surface area contributed by atoms with Gasteiger partial charge in [-0.25, -0.2) is 0 Å². The molecule has 0 amide bonds. The summed E-state index contributed by atoms with van der Waals surface area (Å²) in [5.41, 5.74) is 1.49. The van der Waals surface area contributed by atoms with Gasteiger partial charge in [-0.1, -0.05) is 29.4 Å². The van der Waals surface area contributed by atoms with Crippen LogP contribution < -0.4 is 0 Å². The summed E-state index contributed by atoms with van der Waals surface area (Å²) < 4.78 is 0. The Balaban J connectivity index is 2.69. The molecule has 0 aliphatic rings. The third-order valence-electron chi connectivity index (χ3n) is 2.37. The number of hydrogen-bond acceptors (Lipinski definition) is 3. The monoisotopic (exact) mass is 201 g/mol. The van der Waals surface area contributed by atoms with E-state index in [1.807, 2.05) is 36.4 Å². The van der Waals surface area contributed by atoms with E-state index >= 15 is 0 Å². The Hall–Kier alpha value is -1.87. The molecule has 0 atom stereocenters. The lowest BCUT2D eigenvalue weighted by Crippen LogP contribution is -1.93. The van der Waals surface area contributed by atoms with Crippen molar-refractivity contribution in [3.63, 3.8) is 0 Å². The fraction of sp³-hybridized carbons (Fsp3) is 0.0833. The number of oxime groups is 1. The zero-order valence-electron chi connectivity index (χ0n) is 8.09. The van der Waals surface area contributed by atoms with Gasteiger partial charge < -0.3 is 10.3 Å². The highest BCUT2D eigenvalue weighted by molar-refractivity contribution is 5.92. The van der Waals surface area contributed by atoms with Crippen molar-refractivity contribution in [2.24, 2.45) is 5.16 Å². The van der Waals surface area contributed by atoms with Crippen molar-refractivity contribution >= 4 is 17.0 Å². The topological polar surface area (TPSA) is 52.8 Å². The predicted molar refractivity (Wildman–Crippen MR) is 59.3 cm³/mol. The van der Waals surface area contributed by atoms with Gasteiger partial charge in [0.15, 0.2) is 0 Å². The molecule has 2 rings (SSSR count). The Kier molecular flexibility index (Phi) is 2.65. The maximum atomic E-state index is 9.16. The molecule has 0 saturated heterocycles. The number of nitrogens with zero attached hydrogens (tertiary/aromatic N) is 1. The van der Waals surface area contributed by atoms with Crippen LogP contribution in [0.2, 0.25) is 0 Å². The third kappa shape index (κ3) is 1.82. The highest BCUT2D eigenvalue weighted by atomic mass is 16.4. The molecule has 0 heterocycles. The normalized spacial score (nSPS) is 11.3. The zero-order chi connectivity index (χ0) is 10.7. The van der Waals surface area contributed by atoms with Crippen LogP contribution in [-0.2, 0) is 6.61 Å². The van der Waals surface area contributed by atoms with Crippen molar-refractivity contribution in [2.45, 2.75) is 6.61 Å². The minimum Gasteiger partial charge on any atom is -0.411 e. The molecule has 0 saturated carbocycles. The molecule has 3 nitrogen and oxygen atoms in total. The first-order chi connectivity index (χ1) is 7.35. The molecule has 0 unspecified atom stereocenters. The van der Waals surface area contributed by atoms with E-state index in [1.54, 1.807) is 0 Å². The zero-order valence-corrected chi connectivity index (χ0v) is 8.09. The minimum absolute atomic E-state index is 0.0633. The van der Waals surface area contributed by atoms with Crippen LogP contribution in [0.25, 0.3) is 10.8 Å². The fourth-order valence-electron chi connectivity index (χ4n) is 1.62. The lowest BCUT2D eigenvalue weighted by atomic mass is 10.0. The number of rotatable bonds is 2. The Labute approximate surface area is 87.3 Å². The summed E-state index contributed by atoms with van der Waals surface area (Å²) in [4.78, 5) is 0. The van der Waals surface area contributed by atoms with Gasteiger partial charge in [-0.15, -0.1) is 0 Å². The van der Waals surface area contributed by atoms with Gasteiger partial charge in [0.2, 0.25) is 0 Å². The van der Waals surface area contributed by atoms with E-state index in [1.165, 1.54) is 6.21 Å². The fourth-order valence-corrected chi connectivity index (χ4v) is 1.62. The molecule has 76 valence electrons. The van der Waals surface area contributed by atoms with Crippen LogP contribution in [0.5, 0.6) is 0 Å². The Morgan fingerprint density at radius 3 is 2.40 bits per heavy atom. The first kappa shape index (κ1) is 9.68. The molecule has 0 spiro atoms. The van der Waals surface area contributed by atoms with Crippen LogP contribution >= 0.6 is 0 Å². The molecule has 0 aliphatic carbocycles. The summed E-state index contributed by atoms with van der Waals surface area (Å²) >= 11 is 0. The number of benzene rings is 2. The second-order valence-electron chi connectivity index (χ2n) is 3.30. The lowest BCUT2D eigenvalue weighted by molar-refractivity contribution is 0.281. The molecule has 0 fully saturated rings. The van der Waals surface area contributed by atoms with Gasteiger partial charge in [0, 0.05) is 5.56 Å². The van der Waals surface area contributed by atoms with Gasteiger partial charge in [0.05, 0.1) is 12.8 Å². The maximum absolute atomic E-state index is 9.16. The maximum Gasteiger partial charge on any atom is 0.0737 e. The lowest BCUT2D eigenvalue weighted by Gasteiger charge is -2.04. The van der Waals surface area contributed by atoms with Gasteiger partial charge in [0.1, 0.15) is 0 Å². The van der Waals surface area contributed by atoms with Crippen molar-refractivity contribution in [3.8, 4) is 0 Å². The van der Waals surface area contributed by atoms with E-state index in [-0.39, 0.29) is 6.61 Å². The van der Waals surface area contributed by atoms with Crippen LogP contribution in [0, 0.1) is 0 Å². The Morgan fingerprint density at radius 1 is 1.13 bits per heavy atom. The van der Waals surface area contributed by atoms with Crippen molar-refractivity contribution in [1.82, 2.24) is 0 Å². The molecule has 0 aliphatic heterocycles. The number of aliphatic hydroxyl groups excluding tert-OH is 1. The first-order valence-corrected chi connectivity index (χ1v) is 4.65. The molecule has 15 heavy (non-hydrogen) atoms. The summed E-state index contributed by atoms with van der Waals surface area (Å²) in [5, 5.41) is 22.8. The summed E-state index contributed by atoms with van der Waals surface area (Å²) in [6, 6.07) is 11.6. The van der Waals surface area contributed by atoms with Crippen LogP contribution in [0.3, 0.4) is 0 Å². The Bertz CT molecular complexity index is 506. The molecule has 2 aromatic carbocycles. The van der Waals surface area contributed by atoms with Crippen molar-refractivity contribution in [2.75, 3.05) is 0 Å². The number of hydrogen-bond donors (Lipinski definition) is 2. The van der Waals surface area contributed by atoms with Gasteiger partial charge in [-0.3, -0.25) is 0 Å². The molecular formula is C12H11NO2. The highest BCUT2D eigenvalue weighted by Crippen LogP contribution is 2.19. The molecular weight excluding hydrogens is 190 g/mol. The van der Waals surface area contributed by atoms with Crippen LogP contribution in [0.4, 0.5) is 0 Å². The average Bonchev–Trinajstić information content (AvgIpc) is 2.28. The summed E-state index contributed by atoms with van der Waals surface area (Å²) in [6.07, 6.45) is 1.33. The van der Waals surface area contributed by atoms with E-state index in [0.717, 1.165) is 21.9 Å². The van der Waals surface area contributed by atoms with E-state index in [0.29, 0.717) is 0 Å². The molecule has 0 bridgehead atoms. The number of aliphatic hydroxyl groups is 1. The standard InChI is InChI=1S/C12H11NO2/c14-8-12-6-10-4-2-1-3-9(10)5-11(12)7-13-15/h1-7,14-15H,8H2/b13-7+. The van der Waals surface area contributed by atoms with Crippen molar-refractivity contribution in [1.29, 1.82) is 0 Å². The second kappa shape index (κ2) is 4.11. The largest absolute Gasteiger partial charge is 0.411 e. The third-order valence-corrected chi connectivity index (χ3v) is 2.37. The minimum atomic E-state index is -0.0633. The van der Waals surface area contributed by atoms with Crippen LogP contribution in [0.1, 0.15) is 11.1 Å². The van der Waals surface area contributed by atoms with Gasteiger partial charge in [-0.2, -0.15) is 0 Å². The summed E-state index contributed by atoms with van der Waals surface area (Å²) in [5.74, 6) is 0.